The van der Waals surface area contributed by atoms with E-state index in [-0.39, 0.29) is 11.4 Å². The lowest BCUT2D eigenvalue weighted by molar-refractivity contribution is -0.142. The molecule has 0 bridgehead atoms. The Bertz CT molecular complexity index is 505. The molecule has 0 saturated carbocycles. The van der Waals surface area contributed by atoms with Crippen molar-refractivity contribution in [3.63, 3.8) is 0 Å². The molecule has 0 unspecified atom stereocenters. The normalized spacial score (nSPS) is 15.9. The van der Waals surface area contributed by atoms with Crippen molar-refractivity contribution in [2.24, 2.45) is 0 Å². The Morgan fingerprint density at radius 2 is 1.86 bits per heavy atom. The van der Waals surface area contributed by atoms with Gasteiger partial charge in [0.05, 0.1) is 5.69 Å². The smallest absolute Gasteiger partial charge is 0.370 e. The first-order valence-corrected chi connectivity index (χ1v) is 7.11. The third-order valence-electron chi connectivity index (χ3n) is 4.15. The van der Waals surface area contributed by atoms with Crippen molar-refractivity contribution in [3.8, 4) is 0 Å². The largest absolute Gasteiger partial charge is 0.433 e. The van der Waals surface area contributed by atoms with E-state index >= 15 is 0 Å². The van der Waals surface area contributed by atoms with Crippen molar-refractivity contribution in [1.82, 2.24) is 15.3 Å². The van der Waals surface area contributed by atoms with E-state index < -0.39 is 17.5 Å². The van der Waals surface area contributed by atoms with Gasteiger partial charge in [0.15, 0.2) is 11.5 Å². The third kappa shape index (κ3) is 2.89. The molecule has 0 atom stereocenters. The lowest BCUT2D eigenvalue weighted by Gasteiger charge is -2.31. The standard InChI is InChI=1S/C14H20F3N3O/c1-4-13(5-2,21-3)12-19-10-8-18-7-6-9(10)11(20-12)14(15,16)17/h18H,4-8H2,1-3H3. The summed E-state index contributed by atoms with van der Waals surface area (Å²) in [6.45, 7) is 4.57. The van der Waals surface area contributed by atoms with Gasteiger partial charge in [0.1, 0.15) is 5.60 Å². The number of nitrogens with zero attached hydrogens (tertiary/aromatic N) is 2. The molecular formula is C14H20F3N3O. The van der Waals surface area contributed by atoms with Crippen LogP contribution in [0.3, 0.4) is 0 Å². The molecular weight excluding hydrogens is 283 g/mol. The Labute approximate surface area is 122 Å². The van der Waals surface area contributed by atoms with Gasteiger partial charge in [0, 0.05) is 19.2 Å². The Morgan fingerprint density at radius 3 is 2.38 bits per heavy atom. The third-order valence-corrected chi connectivity index (χ3v) is 4.15. The minimum atomic E-state index is -4.47. The van der Waals surface area contributed by atoms with Crippen LogP contribution in [-0.4, -0.2) is 23.6 Å². The van der Waals surface area contributed by atoms with Crippen molar-refractivity contribution < 1.29 is 17.9 Å². The molecule has 0 amide bonds. The maximum atomic E-state index is 13.3. The molecule has 2 heterocycles. The highest BCUT2D eigenvalue weighted by molar-refractivity contribution is 5.31. The topological polar surface area (TPSA) is 47.0 Å². The van der Waals surface area contributed by atoms with Crippen LogP contribution in [0.2, 0.25) is 0 Å². The van der Waals surface area contributed by atoms with Crippen LogP contribution in [-0.2, 0) is 29.5 Å². The second-order valence-corrected chi connectivity index (χ2v) is 5.15. The average molecular weight is 303 g/mol. The molecule has 7 heteroatoms. The van der Waals surface area contributed by atoms with E-state index in [1.54, 1.807) is 0 Å². The van der Waals surface area contributed by atoms with Crippen LogP contribution in [0, 0.1) is 0 Å². The van der Waals surface area contributed by atoms with Crippen LogP contribution in [0.1, 0.15) is 49.5 Å². The predicted molar refractivity (Wildman–Crippen MR) is 71.7 cm³/mol. The van der Waals surface area contributed by atoms with Gasteiger partial charge in [0.25, 0.3) is 0 Å². The van der Waals surface area contributed by atoms with Gasteiger partial charge in [0.2, 0.25) is 0 Å². The molecule has 4 nitrogen and oxygen atoms in total. The molecule has 21 heavy (non-hydrogen) atoms. The second kappa shape index (κ2) is 5.88. The first kappa shape index (κ1) is 16.2. The summed E-state index contributed by atoms with van der Waals surface area (Å²) in [4.78, 5) is 8.23. The van der Waals surface area contributed by atoms with E-state index in [2.05, 4.69) is 15.3 Å². The highest BCUT2D eigenvalue weighted by Gasteiger charge is 2.41. The van der Waals surface area contributed by atoms with E-state index in [1.165, 1.54) is 7.11 Å². The average Bonchev–Trinajstić information content (AvgIpc) is 2.48. The molecule has 1 N–H and O–H groups in total. The minimum Gasteiger partial charge on any atom is -0.370 e. The van der Waals surface area contributed by atoms with Gasteiger partial charge >= 0.3 is 6.18 Å². The molecule has 118 valence electrons. The first-order chi connectivity index (χ1) is 9.88. The maximum Gasteiger partial charge on any atom is 0.433 e. The number of alkyl halides is 3. The van der Waals surface area contributed by atoms with Gasteiger partial charge in [-0.15, -0.1) is 0 Å². The fourth-order valence-corrected chi connectivity index (χ4v) is 2.74. The van der Waals surface area contributed by atoms with Crippen LogP contribution >= 0.6 is 0 Å². The molecule has 1 aliphatic heterocycles. The summed E-state index contributed by atoms with van der Waals surface area (Å²) in [5, 5.41) is 3.05. The number of hydrogen-bond donors (Lipinski definition) is 1. The van der Waals surface area contributed by atoms with Gasteiger partial charge in [-0.1, -0.05) is 13.8 Å². The summed E-state index contributed by atoms with van der Waals surface area (Å²) < 4.78 is 45.4. The molecule has 1 aliphatic rings. The second-order valence-electron chi connectivity index (χ2n) is 5.15. The van der Waals surface area contributed by atoms with Gasteiger partial charge in [-0.05, 0) is 25.8 Å². The van der Waals surface area contributed by atoms with Crippen molar-refractivity contribution in [2.75, 3.05) is 13.7 Å². The van der Waals surface area contributed by atoms with E-state index in [4.69, 9.17) is 4.74 Å². The zero-order valence-corrected chi connectivity index (χ0v) is 12.5. The molecule has 0 aliphatic carbocycles. The lowest BCUT2D eigenvalue weighted by Crippen LogP contribution is -2.35. The van der Waals surface area contributed by atoms with Crippen LogP contribution in [0.25, 0.3) is 0 Å². The van der Waals surface area contributed by atoms with E-state index in [0.717, 1.165) is 0 Å². The number of hydrogen-bond acceptors (Lipinski definition) is 4. The molecule has 1 aromatic rings. The highest BCUT2D eigenvalue weighted by atomic mass is 19.4. The van der Waals surface area contributed by atoms with Crippen molar-refractivity contribution >= 4 is 0 Å². The number of aromatic nitrogens is 2. The van der Waals surface area contributed by atoms with Gasteiger partial charge in [-0.3, -0.25) is 0 Å². The summed E-state index contributed by atoms with van der Waals surface area (Å²) in [5.41, 5.74) is -1.04. The summed E-state index contributed by atoms with van der Waals surface area (Å²) in [6.07, 6.45) is -3.14. The fourth-order valence-electron chi connectivity index (χ4n) is 2.74. The van der Waals surface area contributed by atoms with E-state index in [0.29, 0.717) is 38.0 Å². The molecule has 0 radical (unpaired) electrons. The number of rotatable bonds is 4. The summed E-state index contributed by atoms with van der Waals surface area (Å²) in [6, 6.07) is 0. The van der Waals surface area contributed by atoms with E-state index in [1.807, 2.05) is 13.8 Å². The zero-order valence-electron chi connectivity index (χ0n) is 12.5. The van der Waals surface area contributed by atoms with Gasteiger partial charge in [-0.25, -0.2) is 9.97 Å². The molecule has 0 saturated heterocycles. The quantitative estimate of drug-likeness (QED) is 0.929. The van der Waals surface area contributed by atoms with Gasteiger partial charge < -0.3 is 10.1 Å². The van der Waals surface area contributed by atoms with Crippen molar-refractivity contribution in [1.29, 1.82) is 0 Å². The van der Waals surface area contributed by atoms with Crippen molar-refractivity contribution in [3.05, 3.63) is 22.8 Å². The Hall–Kier alpha value is -1.21. The fraction of sp³-hybridized carbons (Fsp3) is 0.714. The Balaban J connectivity index is 2.64. The summed E-state index contributed by atoms with van der Waals surface area (Å²) in [7, 11) is 1.49. The highest BCUT2D eigenvalue weighted by Crippen LogP contribution is 2.36. The van der Waals surface area contributed by atoms with Gasteiger partial charge in [-0.2, -0.15) is 13.2 Å². The number of fused-ring (bicyclic) bond motifs is 1. The summed E-state index contributed by atoms with van der Waals surface area (Å²) in [5.74, 6) is 0.129. The molecule has 2 rings (SSSR count). The number of halogens is 3. The predicted octanol–water partition coefficient (Wildman–Crippen LogP) is 2.80. The van der Waals surface area contributed by atoms with Crippen molar-refractivity contribution in [2.45, 2.75) is 51.4 Å². The lowest BCUT2D eigenvalue weighted by atomic mass is 9.94. The van der Waals surface area contributed by atoms with Crippen LogP contribution in [0.5, 0.6) is 0 Å². The van der Waals surface area contributed by atoms with Crippen LogP contribution in [0.15, 0.2) is 0 Å². The number of nitrogens with one attached hydrogen (secondary N) is 1. The van der Waals surface area contributed by atoms with Crippen LogP contribution in [0.4, 0.5) is 13.2 Å². The number of methoxy groups -OCH3 is 1. The molecule has 0 spiro atoms. The maximum absolute atomic E-state index is 13.3. The Morgan fingerprint density at radius 1 is 1.19 bits per heavy atom. The Kier molecular flexibility index (Phi) is 4.53. The monoisotopic (exact) mass is 303 g/mol. The summed E-state index contributed by atoms with van der Waals surface area (Å²) >= 11 is 0. The molecule has 1 aromatic heterocycles. The SMILES string of the molecule is CCC(CC)(OC)c1nc2c(c(C(F)(F)F)n1)CCNC2. The molecule has 0 aromatic carbocycles. The van der Waals surface area contributed by atoms with E-state index in [9.17, 15) is 13.2 Å². The first-order valence-electron chi connectivity index (χ1n) is 7.11. The zero-order chi connectivity index (χ0) is 15.7. The van der Waals surface area contributed by atoms with Crippen LogP contribution < -0.4 is 5.32 Å². The minimum absolute atomic E-state index is 0.129. The number of ether oxygens (including phenoxy) is 1. The molecule has 0 fully saturated rings.